The Morgan fingerprint density at radius 3 is 2.57 bits per heavy atom. The quantitative estimate of drug-likeness (QED) is 0.492. The van der Waals surface area contributed by atoms with Gasteiger partial charge < -0.3 is 5.11 Å². The average molecular weight is 372 g/mol. The molecule has 0 amide bonds. The third-order valence-electron chi connectivity index (χ3n) is 1.45. The molecule has 0 saturated carbocycles. The number of carboxylic acid groups (broad SMARTS) is 1. The molecule has 1 rings (SSSR count). The third-order valence-corrected chi connectivity index (χ3v) is 3.04. The van der Waals surface area contributed by atoms with Crippen molar-refractivity contribution in [2.45, 2.75) is 0 Å². The van der Waals surface area contributed by atoms with Gasteiger partial charge in [0, 0.05) is 10.5 Å². The molecule has 14 heavy (non-hydrogen) atoms. The molecule has 0 heterocycles. The van der Waals surface area contributed by atoms with Gasteiger partial charge in [0.05, 0.1) is 10.5 Å². The first kappa shape index (κ1) is 11.4. The average Bonchev–Trinajstić information content (AvgIpc) is 2.07. The van der Waals surface area contributed by atoms with Gasteiger partial charge in [-0.2, -0.15) is 0 Å². The van der Waals surface area contributed by atoms with Crippen LogP contribution in [-0.2, 0) is 0 Å². The van der Waals surface area contributed by atoms with Crippen LogP contribution >= 0.6 is 38.5 Å². The summed E-state index contributed by atoms with van der Waals surface area (Å²) in [5.74, 6) is -1.18. The highest BCUT2D eigenvalue weighted by Crippen LogP contribution is 2.28. The number of carbonyl (C=O) groups is 1. The lowest BCUT2D eigenvalue weighted by Gasteiger charge is -2.01. The number of aromatic carboxylic acids is 1. The first-order valence-corrected chi connectivity index (χ1v) is 5.17. The second-order valence-electron chi connectivity index (χ2n) is 2.35. The third kappa shape index (κ3) is 2.21. The molecule has 0 aromatic heterocycles. The van der Waals surface area contributed by atoms with E-state index in [4.69, 9.17) is 5.11 Å². The molecule has 1 aromatic carbocycles. The fraction of sp³-hybridized carbons (Fsp3) is 0. The maximum atomic E-state index is 10.7. The molecule has 0 spiro atoms. The molecule has 5 nitrogen and oxygen atoms in total. The summed E-state index contributed by atoms with van der Waals surface area (Å²) in [6.45, 7) is 0. The van der Waals surface area contributed by atoms with E-state index in [-0.39, 0.29) is 14.8 Å². The molecule has 0 fully saturated rings. The summed E-state index contributed by atoms with van der Waals surface area (Å²) in [7, 11) is 0. The van der Waals surface area contributed by atoms with E-state index >= 15 is 0 Å². The lowest BCUT2D eigenvalue weighted by Crippen LogP contribution is -2.03. The Balaban J connectivity index is 3.47. The molecule has 0 aliphatic carbocycles. The summed E-state index contributed by atoms with van der Waals surface area (Å²) >= 11 is 4.66. The Hall–Kier alpha value is -0.700. The van der Waals surface area contributed by atoms with Crippen molar-refractivity contribution in [2.75, 3.05) is 0 Å². The Morgan fingerprint density at radius 1 is 1.57 bits per heavy atom. The van der Waals surface area contributed by atoms with Crippen LogP contribution < -0.4 is 0 Å². The lowest BCUT2D eigenvalue weighted by atomic mass is 10.2. The Bertz CT molecular complexity index is 385. The molecule has 1 aromatic rings. The number of hydrogen-bond donors (Lipinski definition) is 1. The van der Waals surface area contributed by atoms with Gasteiger partial charge in [0.25, 0.3) is 5.69 Å². The van der Waals surface area contributed by atoms with Gasteiger partial charge in [0.1, 0.15) is 3.57 Å². The summed E-state index contributed by atoms with van der Waals surface area (Å²) < 4.78 is 0.505. The van der Waals surface area contributed by atoms with Crippen LogP contribution in [0.4, 0.5) is 5.69 Å². The number of halogens is 2. The zero-order valence-electron chi connectivity index (χ0n) is 6.53. The van der Waals surface area contributed by atoms with E-state index in [0.717, 1.165) is 0 Å². The molecular formula is C7H3BrINO4. The maximum Gasteiger partial charge on any atom is 0.337 e. The van der Waals surface area contributed by atoms with Crippen LogP contribution in [0.3, 0.4) is 0 Å². The van der Waals surface area contributed by atoms with Gasteiger partial charge in [-0.05, 0) is 28.7 Å². The summed E-state index contributed by atoms with van der Waals surface area (Å²) in [6, 6.07) is 2.60. The monoisotopic (exact) mass is 371 g/mol. The van der Waals surface area contributed by atoms with Crippen molar-refractivity contribution in [1.29, 1.82) is 0 Å². The van der Waals surface area contributed by atoms with Gasteiger partial charge in [0.2, 0.25) is 0 Å². The fourth-order valence-electron chi connectivity index (χ4n) is 0.863. The number of hydrogen-bond acceptors (Lipinski definition) is 3. The lowest BCUT2D eigenvalue weighted by molar-refractivity contribution is -0.385. The van der Waals surface area contributed by atoms with Crippen molar-refractivity contribution in [3.63, 3.8) is 0 Å². The minimum atomic E-state index is -1.18. The number of carboxylic acids is 1. The van der Waals surface area contributed by atoms with E-state index in [2.05, 4.69) is 15.9 Å². The van der Waals surface area contributed by atoms with Crippen molar-refractivity contribution in [1.82, 2.24) is 0 Å². The van der Waals surface area contributed by atoms with E-state index in [1.54, 1.807) is 22.6 Å². The minimum Gasteiger partial charge on any atom is -0.478 e. The smallest absolute Gasteiger partial charge is 0.337 e. The van der Waals surface area contributed by atoms with Crippen LogP contribution in [0.1, 0.15) is 10.4 Å². The van der Waals surface area contributed by atoms with Gasteiger partial charge in [-0.25, -0.2) is 4.79 Å². The van der Waals surface area contributed by atoms with Crippen LogP contribution in [0.2, 0.25) is 0 Å². The molecule has 0 unspecified atom stereocenters. The molecule has 0 bridgehead atoms. The molecule has 1 N–H and O–H groups in total. The standard InChI is InChI=1S/C7H3BrINO4/c8-3-1-4(7(11)12)6(9)5(2-3)10(13)14/h1-2H,(H,11,12). The normalized spacial score (nSPS) is 9.86. The van der Waals surface area contributed by atoms with Crippen molar-refractivity contribution >= 4 is 50.2 Å². The molecule has 74 valence electrons. The summed E-state index contributed by atoms with van der Waals surface area (Å²) in [5, 5.41) is 19.3. The van der Waals surface area contributed by atoms with Crippen LogP contribution in [0, 0.1) is 13.7 Å². The van der Waals surface area contributed by atoms with E-state index in [1.807, 2.05) is 0 Å². The van der Waals surface area contributed by atoms with Gasteiger partial charge in [0.15, 0.2) is 0 Å². The molecule has 0 aliphatic rings. The summed E-state index contributed by atoms with van der Waals surface area (Å²) in [5.41, 5.74) is -0.288. The highest BCUT2D eigenvalue weighted by molar-refractivity contribution is 14.1. The molecule has 7 heteroatoms. The SMILES string of the molecule is O=C(O)c1cc(Br)cc([N+](=O)[O-])c1I. The van der Waals surface area contributed by atoms with Crippen molar-refractivity contribution in [3.05, 3.63) is 35.9 Å². The first-order valence-electron chi connectivity index (χ1n) is 3.30. The molecule has 0 aliphatic heterocycles. The van der Waals surface area contributed by atoms with Gasteiger partial charge in [-0.1, -0.05) is 15.9 Å². The first-order chi connectivity index (χ1) is 6.43. The number of nitrogens with zero attached hydrogens (tertiary/aromatic N) is 1. The Labute approximate surface area is 101 Å². The Morgan fingerprint density at radius 2 is 2.14 bits per heavy atom. The van der Waals surface area contributed by atoms with Crippen LogP contribution in [0.25, 0.3) is 0 Å². The minimum absolute atomic E-state index is 0.0772. The largest absolute Gasteiger partial charge is 0.478 e. The van der Waals surface area contributed by atoms with Crippen LogP contribution in [0.15, 0.2) is 16.6 Å². The number of rotatable bonds is 2. The zero-order chi connectivity index (χ0) is 10.9. The van der Waals surface area contributed by atoms with E-state index < -0.39 is 10.9 Å². The second kappa shape index (κ2) is 4.22. The van der Waals surface area contributed by atoms with Gasteiger partial charge >= 0.3 is 5.97 Å². The molecule has 0 saturated heterocycles. The van der Waals surface area contributed by atoms with Crippen LogP contribution in [0.5, 0.6) is 0 Å². The second-order valence-corrected chi connectivity index (χ2v) is 4.34. The molecular weight excluding hydrogens is 369 g/mol. The van der Waals surface area contributed by atoms with Gasteiger partial charge in [-0.3, -0.25) is 10.1 Å². The number of nitro benzene ring substituents is 1. The predicted molar refractivity (Wildman–Crippen MR) is 60.5 cm³/mol. The summed E-state index contributed by atoms with van der Waals surface area (Å²) in [4.78, 5) is 20.6. The maximum absolute atomic E-state index is 10.7. The summed E-state index contributed by atoms with van der Waals surface area (Å²) in [6.07, 6.45) is 0. The highest BCUT2D eigenvalue weighted by Gasteiger charge is 2.20. The van der Waals surface area contributed by atoms with Crippen molar-refractivity contribution < 1.29 is 14.8 Å². The van der Waals surface area contributed by atoms with Crippen molar-refractivity contribution in [3.8, 4) is 0 Å². The Kier molecular flexibility index (Phi) is 3.43. The van der Waals surface area contributed by atoms with E-state index in [9.17, 15) is 14.9 Å². The molecule has 0 atom stereocenters. The molecule has 0 radical (unpaired) electrons. The number of nitro groups is 1. The predicted octanol–water partition coefficient (Wildman–Crippen LogP) is 2.66. The van der Waals surface area contributed by atoms with Gasteiger partial charge in [-0.15, -0.1) is 0 Å². The van der Waals surface area contributed by atoms with Crippen LogP contribution in [-0.4, -0.2) is 16.0 Å². The fourth-order valence-corrected chi connectivity index (χ4v) is 2.05. The number of benzene rings is 1. The highest BCUT2D eigenvalue weighted by atomic mass is 127. The van der Waals surface area contributed by atoms with E-state index in [0.29, 0.717) is 4.47 Å². The van der Waals surface area contributed by atoms with Crippen molar-refractivity contribution in [2.24, 2.45) is 0 Å². The topological polar surface area (TPSA) is 80.4 Å². The van der Waals surface area contributed by atoms with E-state index in [1.165, 1.54) is 12.1 Å². The zero-order valence-corrected chi connectivity index (χ0v) is 10.3.